The van der Waals surface area contributed by atoms with E-state index in [2.05, 4.69) is 15.1 Å². The number of hydrogen-bond donors (Lipinski definition) is 4. The highest BCUT2D eigenvalue weighted by atomic mass is 32.2. The Morgan fingerprint density at radius 3 is 2.50 bits per heavy atom. The maximum absolute atomic E-state index is 11.7. The van der Waals surface area contributed by atoms with Gasteiger partial charge >= 0.3 is 0 Å². The van der Waals surface area contributed by atoms with Crippen LogP contribution in [0.5, 0.6) is 0 Å². The molecular formula is C7H13N5O4S2. The summed E-state index contributed by atoms with van der Waals surface area (Å²) in [6.07, 6.45) is 1.25. The molecule has 11 heteroatoms. The lowest BCUT2D eigenvalue weighted by molar-refractivity contribution is 0.581. The first-order valence-corrected chi connectivity index (χ1v) is 7.87. The Labute approximate surface area is 105 Å². The van der Waals surface area contributed by atoms with Crippen LogP contribution in [0.2, 0.25) is 0 Å². The van der Waals surface area contributed by atoms with Gasteiger partial charge in [-0.25, -0.2) is 37.5 Å². The molecular weight excluding hydrogens is 282 g/mol. The van der Waals surface area contributed by atoms with Gasteiger partial charge in [0.2, 0.25) is 20.0 Å². The van der Waals surface area contributed by atoms with Crippen molar-refractivity contribution in [2.24, 2.45) is 11.0 Å². The number of nitrogens with two attached hydrogens (primary N) is 2. The molecule has 0 aromatic carbocycles. The fraction of sp³-hybridized carbons (Fsp3) is 0.286. The predicted molar refractivity (Wildman–Crippen MR) is 65.2 cm³/mol. The van der Waals surface area contributed by atoms with E-state index < -0.39 is 25.8 Å². The number of pyridine rings is 1. The van der Waals surface area contributed by atoms with E-state index in [1.807, 2.05) is 0 Å². The van der Waals surface area contributed by atoms with Gasteiger partial charge < -0.3 is 5.43 Å². The highest BCUT2D eigenvalue weighted by Crippen LogP contribution is 2.11. The molecule has 0 unspecified atom stereocenters. The van der Waals surface area contributed by atoms with Gasteiger partial charge in [0.05, 0.1) is 10.6 Å². The molecule has 6 N–H and O–H groups in total. The van der Waals surface area contributed by atoms with Crippen LogP contribution in [0, 0.1) is 0 Å². The van der Waals surface area contributed by atoms with Crippen LogP contribution in [0.4, 0.5) is 5.82 Å². The number of primary sulfonamides is 1. The lowest BCUT2D eigenvalue weighted by atomic mass is 10.5. The molecule has 0 amide bonds. The first kappa shape index (κ1) is 14.8. The molecule has 0 radical (unpaired) electrons. The van der Waals surface area contributed by atoms with Crippen LogP contribution in [-0.4, -0.2) is 34.1 Å². The van der Waals surface area contributed by atoms with Crippen molar-refractivity contribution in [2.45, 2.75) is 4.90 Å². The molecule has 0 aliphatic rings. The Morgan fingerprint density at radius 2 is 1.94 bits per heavy atom. The minimum Gasteiger partial charge on any atom is -0.308 e. The fourth-order valence-electron chi connectivity index (χ4n) is 1.06. The molecule has 18 heavy (non-hydrogen) atoms. The lowest BCUT2D eigenvalue weighted by Gasteiger charge is -2.07. The fourth-order valence-corrected chi connectivity index (χ4v) is 2.62. The molecule has 0 saturated heterocycles. The van der Waals surface area contributed by atoms with Crippen molar-refractivity contribution in [3.05, 3.63) is 18.3 Å². The molecule has 0 spiro atoms. The van der Waals surface area contributed by atoms with Gasteiger partial charge in [-0.05, 0) is 6.07 Å². The zero-order valence-electron chi connectivity index (χ0n) is 9.20. The zero-order chi connectivity index (χ0) is 13.8. The largest absolute Gasteiger partial charge is 0.308 e. The van der Waals surface area contributed by atoms with Crippen molar-refractivity contribution < 1.29 is 16.8 Å². The Morgan fingerprint density at radius 1 is 1.28 bits per heavy atom. The molecule has 1 rings (SSSR count). The SMILES string of the molecule is NNc1cc(S(=O)(=O)NCCS(N)(=O)=O)ccn1. The third-order valence-corrected chi connectivity index (χ3v) is 4.10. The number of hydrogen-bond acceptors (Lipinski definition) is 7. The maximum atomic E-state index is 11.7. The minimum absolute atomic E-state index is 0.0835. The van der Waals surface area contributed by atoms with Crippen LogP contribution >= 0.6 is 0 Å². The van der Waals surface area contributed by atoms with Gasteiger partial charge in [-0.3, -0.25) is 0 Å². The quantitative estimate of drug-likeness (QED) is 0.347. The molecule has 0 fully saturated rings. The van der Waals surface area contributed by atoms with Crippen molar-refractivity contribution in [1.29, 1.82) is 0 Å². The van der Waals surface area contributed by atoms with Gasteiger partial charge in [0.1, 0.15) is 5.82 Å². The van der Waals surface area contributed by atoms with Gasteiger partial charge in [0.25, 0.3) is 0 Å². The zero-order valence-corrected chi connectivity index (χ0v) is 10.8. The van der Waals surface area contributed by atoms with Crippen LogP contribution < -0.4 is 21.1 Å². The van der Waals surface area contributed by atoms with E-state index in [4.69, 9.17) is 11.0 Å². The van der Waals surface area contributed by atoms with Gasteiger partial charge in [-0.2, -0.15) is 0 Å². The van der Waals surface area contributed by atoms with Crippen LogP contribution in [0.3, 0.4) is 0 Å². The molecule has 0 atom stereocenters. The summed E-state index contributed by atoms with van der Waals surface area (Å²) in [5.74, 6) is 4.78. The third kappa shape index (κ3) is 4.54. The second-order valence-electron chi connectivity index (χ2n) is 3.29. The standard InChI is InChI=1S/C7H13N5O4S2/c8-12-7-5-6(1-2-10-7)18(15,16)11-3-4-17(9,13)14/h1-2,5,11H,3-4,8H2,(H,10,12)(H2,9,13,14). The number of nitrogen functional groups attached to an aromatic ring is 1. The van der Waals surface area contributed by atoms with Crippen LogP contribution in [-0.2, 0) is 20.0 Å². The molecule has 1 aromatic rings. The van der Waals surface area contributed by atoms with Crippen LogP contribution in [0.1, 0.15) is 0 Å². The van der Waals surface area contributed by atoms with Gasteiger partial charge in [-0.15, -0.1) is 0 Å². The number of nitrogens with one attached hydrogen (secondary N) is 2. The summed E-state index contributed by atoms with van der Waals surface area (Å²) in [7, 11) is -7.53. The number of nitrogens with zero attached hydrogens (tertiary/aromatic N) is 1. The number of sulfonamides is 2. The number of aromatic nitrogens is 1. The van der Waals surface area contributed by atoms with E-state index in [-0.39, 0.29) is 17.3 Å². The smallest absolute Gasteiger partial charge is 0.240 e. The van der Waals surface area contributed by atoms with Crippen LogP contribution in [0.15, 0.2) is 23.2 Å². The van der Waals surface area contributed by atoms with E-state index in [9.17, 15) is 16.8 Å². The maximum Gasteiger partial charge on any atom is 0.240 e. The summed E-state index contributed by atoms with van der Waals surface area (Å²) in [6.45, 7) is -0.311. The highest BCUT2D eigenvalue weighted by Gasteiger charge is 2.15. The average Bonchev–Trinajstić information content (AvgIpc) is 2.27. The van der Waals surface area contributed by atoms with Crippen molar-refractivity contribution in [3.8, 4) is 0 Å². The summed E-state index contributed by atoms with van der Waals surface area (Å²) < 4.78 is 46.9. The Balaban J connectivity index is 2.80. The van der Waals surface area contributed by atoms with Crippen molar-refractivity contribution in [2.75, 3.05) is 17.7 Å². The monoisotopic (exact) mass is 295 g/mol. The second kappa shape index (κ2) is 5.58. The molecule has 0 aliphatic heterocycles. The molecule has 9 nitrogen and oxygen atoms in total. The summed E-state index contributed by atoms with van der Waals surface area (Å²) in [6, 6.07) is 2.46. The van der Waals surface area contributed by atoms with Crippen molar-refractivity contribution in [1.82, 2.24) is 9.71 Å². The van der Waals surface area contributed by atoms with E-state index in [1.54, 1.807) is 0 Å². The molecule has 0 saturated carbocycles. The molecule has 1 aromatic heterocycles. The summed E-state index contributed by atoms with van der Waals surface area (Å²) in [5, 5.41) is 4.75. The van der Waals surface area contributed by atoms with E-state index >= 15 is 0 Å². The van der Waals surface area contributed by atoms with Crippen molar-refractivity contribution >= 4 is 25.9 Å². The average molecular weight is 295 g/mol. The number of rotatable bonds is 6. The topological polar surface area (TPSA) is 157 Å². The molecule has 0 aliphatic carbocycles. The molecule has 0 bridgehead atoms. The van der Waals surface area contributed by atoms with Gasteiger partial charge in [-0.1, -0.05) is 0 Å². The molecule has 102 valence electrons. The highest BCUT2D eigenvalue weighted by molar-refractivity contribution is 7.90. The summed E-state index contributed by atoms with van der Waals surface area (Å²) in [5.41, 5.74) is 2.20. The Bertz CT molecular complexity index is 612. The summed E-state index contributed by atoms with van der Waals surface area (Å²) >= 11 is 0. The number of anilines is 1. The normalized spacial score (nSPS) is 12.3. The van der Waals surface area contributed by atoms with Gasteiger partial charge in [0.15, 0.2) is 0 Å². The summed E-state index contributed by atoms with van der Waals surface area (Å²) in [4.78, 5) is 3.66. The minimum atomic E-state index is -3.82. The Kier molecular flexibility index (Phi) is 4.59. The lowest BCUT2D eigenvalue weighted by Crippen LogP contribution is -2.31. The van der Waals surface area contributed by atoms with E-state index in [0.717, 1.165) is 0 Å². The second-order valence-corrected chi connectivity index (χ2v) is 6.79. The number of hydrazine groups is 1. The van der Waals surface area contributed by atoms with Gasteiger partial charge in [0, 0.05) is 18.8 Å². The first-order chi connectivity index (χ1) is 8.24. The van der Waals surface area contributed by atoms with Crippen LogP contribution in [0.25, 0.3) is 0 Å². The predicted octanol–water partition coefficient (Wildman–Crippen LogP) is -2.07. The molecule has 1 heterocycles. The first-order valence-electron chi connectivity index (χ1n) is 4.67. The third-order valence-electron chi connectivity index (χ3n) is 1.87. The van der Waals surface area contributed by atoms with E-state index in [1.165, 1.54) is 18.3 Å². The van der Waals surface area contributed by atoms with E-state index in [0.29, 0.717) is 0 Å². The van der Waals surface area contributed by atoms with Crippen molar-refractivity contribution in [3.63, 3.8) is 0 Å². The Hall–Kier alpha value is -1.27.